The maximum atomic E-state index is 5.55. The van der Waals surface area contributed by atoms with Crippen molar-refractivity contribution >= 4 is 0 Å². The van der Waals surface area contributed by atoms with E-state index in [1.807, 2.05) is 7.05 Å². The first-order valence-corrected chi connectivity index (χ1v) is 6.15. The quantitative estimate of drug-likeness (QED) is 0.682. The summed E-state index contributed by atoms with van der Waals surface area (Å²) in [6.45, 7) is 4.89. The molecule has 90 valence electrons. The molecule has 0 amide bonds. The summed E-state index contributed by atoms with van der Waals surface area (Å²) >= 11 is 0. The molecule has 0 aliphatic heterocycles. The van der Waals surface area contributed by atoms with E-state index in [0.29, 0.717) is 5.92 Å². The van der Waals surface area contributed by atoms with E-state index in [0.717, 1.165) is 32.6 Å². The average molecular weight is 221 g/mol. The lowest BCUT2D eigenvalue weighted by molar-refractivity contribution is 0.127. The van der Waals surface area contributed by atoms with Crippen LogP contribution in [0.3, 0.4) is 0 Å². The SMILES string of the molecule is CCCOCCC(CNC)c1ccccc1. The Balaban J connectivity index is 2.41. The standard InChI is InChI=1S/C14H23NO/c1-3-10-16-11-9-14(12-15-2)13-7-5-4-6-8-13/h4-8,14-15H,3,9-12H2,1-2H3. The van der Waals surface area contributed by atoms with E-state index in [1.54, 1.807) is 0 Å². The number of benzene rings is 1. The molecular weight excluding hydrogens is 198 g/mol. The van der Waals surface area contributed by atoms with Gasteiger partial charge in [0.05, 0.1) is 0 Å². The maximum Gasteiger partial charge on any atom is 0.0472 e. The Kier molecular flexibility index (Phi) is 6.86. The highest BCUT2D eigenvalue weighted by Gasteiger charge is 2.09. The summed E-state index contributed by atoms with van der Waals surface area (Å²) in [5.41, 5.74) is 1.40. The molecule has 16 heavy (non-hydrogen) atoms. The highest BCUT2D eigenvalue weighted by molar-refractivity contribution is 5.19. The van der Waals surface area contributed by atoms with Crippen molar-refractivity contribution in [3.63, 3.8) is 0 Å². The molecule has 1 aromatic carbocycles. The molecule has 1 N–H and O–H groups in total. The highest BCUT2D eigenvalue weighted by atomic mass is 16.5. The van der Waals surface area contributed by atoms with Gasteiger partial charge in [-0.15, -0.1) is 0 Å². The topological polar surface area (TPSA) is 21.3 Å². The van der Waals surface area contributed by atoms with Crippen molar-refractivity contribution in [1.29, 1.82) is 0 Å². The van der Waals surface area contributed by atoms with Gasteiger partial charge in [0.15, 0.2) is 0 Å². The van der Waals surface area contributed by atoms with Gasteiger partial charge in [0, 0.05) is 19.8 Å². The van der Waals surface area contributed by atoms with E-state index in [4.69, 9.17) is 4.74 Å². The van der Waals surface area contributed by atoms with Gasteiger partial charge in [0.2, 0.25) is 0 Å². The van der Waals surface area contributed by atoms with Crippen molar-refractivity contribution in [2.45, 2.75) is 25.7 Å². The summed E-state index contributed by atoms with van der Waals surface area (Å²) in [6.07, 6.45) is 2.19. The van der Waals surface area contributed by atoms with Crippen LogP contribution in [0, 0.1) is 0 Å². The molecule has 1 rings (SSSR count). The minimum atomic E-state index is 0.558. The zero-order chi connectivity index (χ0) is 11.6. The van der Waals surface area contributed by atoms with Crippen molar-refractivity contribution < 1.29 is 4.74 Å². The third-order valence-electron chi connectivity index (χ3n) is 2.68. The average Bonchev–Trinajstić information content (AvgIpc) is 2.34. The minimum absolute atomic E-state index is 0.558. The molecule has 0 fully saturated rings. The third-order valence-corrected chi connectivity index (χ3v) is 2.68. The Morgan fingerprint density at radius 2 is 1.94 bits per heavy atom. The smallest absolute Gasteiger partial charge is 0.0472 e. The molecule has 0 aromatic heterocycles. The van der Waals surface area contributed by atoms with Crippen molar-refractivity contribution in [2.24, 2.45) is 0 Å². The first kappa shape index (κ1) is 13.2. The van der Waals surface area contributed by atoms with Crippen LogP contribution in [0.25, 0.3) is 0 Å². The Morgan fingerprint density at radius 3 is 2.56 bits per heavy atom. The predicted octanol–water partition coefficient (Wildman–Crippen LogP) is 2.81. The van der Waals surface area contributed by atoms with E-state index < -0.39 is 0 Å². The molecule has 2 nitrogen and oxygen atoms in total. The van der Waals surface area contributed by atoms with Crippen molar-refractivity contribution in [1.82, 2.24) is 5.32 Å². The lowest BCUT2D eigenvalue weighted by Crippen LogP contribution is -2.18. The van der Waals surface area contributed by atoms with Crippen LogP contribution >= 0.6 is 0 Å². The van der Waals surface area contributed by atoms with Crippen LogP contribution in [-0.4, -0.2) is 26.8 Å². The summed E-state index contributed by atoms with van der Waals surface area (Å²) in [7, 11) is 2.00. The fourth-order valence-corrected chi connectivity index (χ4v) is 1.83. The molecular formula is C14H23NO. The normalized spacial score (nSPS) is 12.6. The molecule has 0 saturated carbocycles. The fourth-order valence-electron chi connectivity index (χ4n) is 1.83. The maximum absolute atomic E-state index is 5.55. The van der Waals surface area contributed by atoms with Gasteiger partial charge in [0.25, 0.3) is 0 Å². The molecule has 0 radical (unpaired) electrons. The molecule has 0 spiro atoms. The van der Waals surface area contributed by atoms with Gasteiger partial charge in [-0.2, -0.15) is 0 Å². The van der Waals surface area contributed by atoms with Crippen LogP contribution in [0.5, 0.6) is 0 Å². The Labute approximate surface area is 99.0 Å². The minimum Gasteiger partial charge on any atom is -0.381 e. The highest BCUT2D eigenvalue weighted by Crippen LogP contribution is 2.18. The summed E-state index contributed by atoms with van der Waals surface area (Å²) in [5.74, 6) is 0.558. The zero-order valence-corrected chi connectivity index (χ0v) is 10.4. The van der Waals surface area contributed by atoms with E-state index >= 15 is 0 Å². The van der Waals surface area contributed by atoms with Crippen LogP contribution < -0.4 is 5.32 Å². The van der Waals surface area contributed by atoms with Crippen LogP contribution in [-0.2, 0) is 4.74 Å². The number of rotatable bonds is 8. The lowest BCUT2D eigenvalue weighted by Gasteiger charge is -2.16. The second-order valence-electron chi connectivity index (χ2n) is 4.07. The van der Waals surface area contributed by atoms with Crippen molar-refractivity contribution in [3.05, 3.63) is 35.9 Å². The van der Waals surface area contributed by atoms with Gasteiger partial charge >= 0.3 is 0 Å². The van der Waals surface area contributed by atoms with E-state index in [9.17, 15) is 0 Å². The Hall–Kier alpha value is -0.860. The monoisotopic (exact) mass is 221 g/mol. The molecule has 1 atom stereocenters. The van der Waals surface area contributed by atoms with Crippen molar-refractivity contribution in [3.8, 4) is 0 Å². The summed E-state index contributed by atoms with van der Waals surface area (Å²) in [6, 6.07) is 10.7. The zero-order valence-electron chi connectivity index (χ0n) is 10.4. The van der Waals surface area contributed by atoms with Crippen LogP contribution in [0.2, 0.25) is 0 Å². The number of nitrogens with one attached hydrogen (secondary N) is 1. The molecule has 0 saturated heterocycles. The van der Waals surface area contributed by atoms with Gasteiger partial charge in [-0.3, -0.25) is 0 Å². The van der Waals surface area contributed by atoms with Gasteiger partial charge in [-0.25, -0.2) is 0 Å². The number of hydrogen-bond donors (Lipinski definition) is 1. The number of hydrogen-bond acceptors (Lipinski definition) is 2. The van der Waals surface area contributed by atoms with Crippen LogP contribution in [0.1, 0.15) is 31.2 Å². The molecule has 1 aromatic rings. The van der Waals surface area contributed by atoms with E-state index in [1.165, 1.54) is 5.56 Å². The second-order valence-corrected chi connectivity index (χ2v) is 4.07. The number of likely N-dealkylation sites (N-methyl/N-ethyl adjacent to an activating group) is 1. The van der Waals surface area contributed by atoms with E-state index in [2.05, 4.69) is 42.6 Å². The summed E-state index contributed by atoms with van der Waals surface area (Å²) < 4.78 is 5.55. The second kappa shape index (κ2) is 8.31. The first-order chi connectivity index (χ1) is 7.88. The lowest BCUT2D eigenvalue weighted by atomic mass is 9.96. The largest absolute Gasteiger partial charge is 0.381 e. The predicted molar refractivity (Wildman–Crippen MR) is 68.8 cm³/mol. The van der Waals surface area contributed by atoms with Gasteiger partial charge in [-0.05, 0) is 31.4 Å². The van der Waals surface area contributed by atoms with Crippen molar-refractivity contribution in [2.75, 3.05) is 26.8 Å². The first-order valence-electron chi connectivity index (χ1n) is 6.15. The Morgan fingerprint density at radius 1 is 1.19 bits per heavy atom. The van der Waals surface area contributed by atoms with Gasteiger partial charge < -0.3 is 10.1 Å². The van der Waals surface area contributed by atoms with Gasteiger partial charge in [0.1, 0.15) is 0 Å². The number of ether oxygens (including phenoxy) is 1. The van der Waals surface area contributed by atoms with E-state index in [-0.39, 0.29) is 0 Å². The molecule has 0 heterocycles. The molecule has 0 bridgehead atoms. The summed E-state index contributed by atoms with van der Waals surface area (Å²) in [5, 5.41) is 3.25. The summed E-state index contributed by atoms with van der Waals surface area (Å²) in [4.78, 5) is 0. The third kappa shape index (κ3) is 4.77. The molecule has 0 aliphatic rings. The van der Waals surface area contributed by atoms with Crippen LogP contribution in [0.4, 0.5) is 0 Å². The molecule has 2 heteroatoms. The molecule has 1 unspecified atom stereocenters. The molecule has 0 aliphatic carbocycles. The fraction of sp³-hybridized carbons (Fsp3) is 0.571. The van der Waals surface area contributed by atoms with Crippen LogP contribution in [0.15, 0.2) is 30.3 Å². The van der Waals surface area contributed by atoms with Gasteiger partial charge in [-0.1, -0.05) is 37.3 Å². The Bertz CT molecular complexity index is 261.